The predicted octanol–water partition coefficient (Wildman–Crippen LogP) is 4.98. The van der Waals surface area contributed by atoms with Crippen LogP contribution in [0.3, 0.4) is 0 Å². The first-order valence-corrected chi connectivity index (χ1v) is 10.2. The summed E-state index contributed by atoms with van der Waals surface area (Å²) in [6.45, 7) is 0. The summed E-state index contributed by atoms with van der Waals surface area (Å²) in [4.78, 5) is 27.7. The van der Waals surface area contributed by atoms with Crippen molar-refractivity contribution in [1.82, 2.24) is 0 Å². The highest BCUT2D eigenvalue weighted by atomic mass is 35.5. The number of aliphatic hydroxyl groups is 1. The topological polar surface area (TPSA) is 76.1 Å². The van der Waals surface area contributed by atoms with E-state index < -0.39 is 17.7 Å². The number of para-hydroxylation sites is 1. The first kappa shape index (κ1) is 21.5. The van der Waals surface area contributed by atoms with Crippen LogP contribution in [0.5, 0.6) is 11.5 Å². The Morgan fingerprint density at radius 1 is 0.938 bits per heavy atom. The summed E-state index contributed by atoms with van der Waals surface area (Å²) < 4.78 is 10.8. The van der Waals surface area contributed by atoms with Gasteiger partial charge in [0.15, 0.2) is 0 Å². The maximum absolute atomic E-state index is 13.2. The zero-order valence-electron chi connectivity index (χ0n) is 17.4. The van der Waals surface area contributed by atoms with Gasteiger partial charge in [-0.2, -0.15) is 0 Å². The van der Waals surface area contributed by atoms with Crippen LogP contribution in [-0.4, -0.2) is 31.0 Å². The Bertz CT molecular complexity index is 1200. The number of benzene rings is 3. The molecule has 3 aromatic rings. The Labute approximate surface area is 190 Å². The van der Waals surface area contributed by atoms with E-state index in [4.69, 9.17) is 21.1 Å². The molecule has 7 heteroatoms. The second kappa shape index (κ2) is 8.77. The van der Waals surface area contributed by atoms with Crippen LogP contribution < -0.4 is 14.4 Å². The minimum Gasteiger partial charge on any atom is -0.507 e. The number of methoxy groups -OCH3 is 2. The molecule has 0 aliphatic carbocycles. The fourth-order valence-electron chi connectivity index (χ4n) is 3.79. The van der Waals surface area contributed by atoms with E-state index in [-0.39, 0.29) is 11.3 Å². The highest BCUT2D eigenvalue weighted by Gasteiger charge is 2.48. The van der Waals surface area contributed by atoms with Gasteiger partial charge in [0.2, 0.25) is 0 Å². The van der Waals surface area contributed by atoms with Gasteiger partial charge in [-0.25, -0.2) is 0 Å². The number of Topliss-reactive ketones (excluding diaryl/α,β-unsaturated/α-hetero) is 1. The van der Waals surface area contributed by atoms with Crippen molar-refractivity contribution in [1.29, 1.82) is 0 Å². The fraction of sp³-hybridized carbons (Fsp3) is 0.120. The van der Waals surface area contributed by atoms with Crippen molar-refractivity contribution in [3.8, 4) is 11.5 Å². The Hall–Kier alpha value is -3.77. The molecule has 1 atom stereocenters. The number of ketones is 1. The Morgan fingerprint density at radius 2 is 1.62 bits per heavy atom. The van der Waals surface area contributed by atoms with Crippen LogP contribution in [0.15, 0.2) is 78.4 Å². The molecule has 0 spiro atoms. The SMILES string of the molecule is COc1ccc(C2C(=C(O)c3ccc(Cl)cc3)C(=O)C(=O)N2c2ccccc2)c(OC)c1. The molecule has 0 saturated carbocycles. The summed E-state index contributed by atoms with van der Waals surface area (Å²) in [7, 11) is 3.02. The van der Waals surface area contributed by atoms with Gasteiger partial charge in [0, 0.05) is 27.9 Å². The molecule has 1 heterocycles. The van der Waals surface area contributed by atoms with Crippen LogP contribution in [-0.2, 0) is 9.59 Å². The van der Waals surface area contributed by atoms with Crippen molar-refractivity contribution in [2.24, 2.45) is 0 Å². The molecule has 0 bridgehead atoms. The molecule has 3 aromatic carbocycles. The molecule has 162 valence electrons. The lowest BCUT2D eigenvalue weighted by atomic mass is 9.94. The average molecular weight is 450 g/mol. The highest BCUT2D eigenvalue weighted by molar-refractivity contribution is 6.51. The van der Waals surface area contributed by atoms with E-state index in [0.29, 0.717) is 33.3 Å². The van der Waals surface area contributed by atoms with Gasteiger partial charge in [-0.3, -0.25) is 14.5 Å². The molecule has 0 aromatic heterocycles. The summed E-state index contributed by atoms with van der Waals surface area (Å²) in [5.74, 6) is -0.848. The van der Waals surface area contributed by atoms with Crippen LogP contribution in [0.25, 0.3) is 5.76 Å². The van der Waals surface area contributed by atoms with Crippen LogP contribution in [0.2, 0.25) is 5.02 Å². The standard InChI is InChI=1S/C25H20ClNO5/c1-31-18-12-13-19(20(14-18)32-2)22-21(23(28)15-8-10-16(26)11-9-15)24(29)25(30)27(22)17-6-4-3-5-7-17/h3-14,22,28H,1-2H3. The molecular weight excluding hydrogens is 430 g/mol. The van der Waals surface area contributed by atoms with E-state index in [1.807, 2.05) is 6.07 Å². The van der Waals surface area contributed by atoms with Crippen molar-refractivity contribution in [3.63, 3.8) is 0 Å². The van der Waals surface area contributed by atoms with Crippen molar-refractivity contribution >= 4 is 34.7 Å². The van der Waals surface area contributed by atoms with E-state index in [9.17, 15) is 14.7 Å². The van der Waals surface area contributed by atoms with Gasteiger partial charge >= 0.3 is 0 Å². The molecule has 0 radical (unpaired) electrons. The molecule has 1 aliphatic rings. The van der Waals surface area contributed by atoms with Crippen LogP contribution in [0.1, 0.15) is 17.2 Å². The number of anilines is 1. The fourth-order valence-corrected chi connectivity index (χ4v) is 3.92. The van der Waals surface area contributed by atoms with E-state index in [0.717, 1.165) is 0 Å². The van der Waals surface area contributed by atoms with Crippen LogP contribution in [0, 0.1) is 0 Å². The van der Waals surface area contributed by atoms with Gasteiger partial charge in [0.05, 0.1) is 25.8 Å². The molecule has 1 N–H and O–H groups in total. The zero-order valence-corrected chi connectivity index (χ0v) is 18.2. The molecule has 1 aliphatic heterocycles. The number of aliphatic hydroxyl groups excluding tert-OH is 1. The maximum atomic E-state index is 13.2. The predicted molar refractivity (Wildman–Crippen MR) is 122 cm³/mol. The lowest BCUT2D eigenvalue weighted by Crippen LogP contribution is -2.29. The number of hydrogen-bond donors (Lipinski definition) is 1. The molecule has 1 fully saturated rings. The van der Waals surface area contributed by atoms with E-state index >= 15 is 0 Å². The maximum Gasteiger partial charge on any atom is 0.300 e. The molecule has 32 heavy (non-hydrogen) atoms. The van der Waals surface area contributed by atoms with E-state index in [1.165, 1.54) is 19.1 Å². The normalized spacial score (nSPS) is 17.5. The summed E-state index contributed by atoms with van der Waals surface area (Å²) in [6.07, 6.45) is 0. The Balaban J connectivity index is 1.98. The highest BCUT2D eigenvalue weighted by Crippen LogP contribution is 2.45. The van der Waals surface area contributed by atoms with Crippen molar-refractivity contribution in [2.45, 2.75) is 6.04 Å². The van der Waals surface area contributed by atoms with Gasteiger partial charge in [0.1, 0.15) is 17.3 Å². The third kappa shape index (κ3) is 3.69. The van der Waals surface area contributed by atoms with Gasteiger partial charge in [-0.15, -0.1) is 0 Å². The van der Waals surface area contributed by atoms with Gasteiger partial charge in [-0.1, -0.05) is 29.8 Å². The molecule has 1 saturated heterocycles. The van der Waals surface area contributed by atoms with Crippen molar-refractivity contribution < 1.29 is 24.2 Å². The smallest absolute Gasteiger partial charge is 0.300 e. The largest absolute Gasteiger partial charge is 0.507 e. The monoisotopic (exact) mass is 449 g/mol. The summed E-state index contributed by atoms with van der Waals surface area (Å²) in [5, 5.41) is 11.6. The quantitative estimate of drug-likeness (QED) is 0.337. The van der Waals surface area contributed by atoms with E-state index in [1.54, 1.807) is 66.7 Å². The van der Waals surface area contributed by atoms with Gasteiger partial charge < -0.3 is 14.6 Å². The first-order valence-electron chi connectivity index (χ1n) is 9.80. The number of amides is 1. The second-order valence-electron chi connectivity index (χ2n) is 7.12. The summed E-state index contributed by atoms with van der Waals surface area (Å²) >= 11 is 5.97. The third-order valence-corrected chi connectivity index (χ3v) is 5.58. The number of halogens is 1. The molecule has 1 amide bonds. The van der Waals surface area contributed by atoms with Crippen LogP contribution in [0.4, 0.5) is 5.69 Å². The Morgan fingerprint density at radius 3 is 2.25 bits per heavy atom. The van der Waals surface area contributed by atoms with Gasteiger partial charge in [-0.05, 0) is 48.5 Å². The minimum atomic E-state index is -0.908. The number of carbonyl (C=O) groups is 2. The first-order chi connectivity index (χ1) is 15.5. The number of nitrogens with zero attached hydrogens (tertiary/aromatic N) is 1. The lowest BCUT2D eigenvalue weighted by molar-refractivity contribution is -0.132. The molecule has 1 unspecified atom stereocenters. The van der Waals surface area contributed by atoms with Crippen molar-refractivity contribution in [2.75, 3.05) is 19.1 Å². The lowest BCUT2D eigenvalue weighted by Gasteiger charge is -2.26. The second-order valence-corrected chi connectivity index (χ2v) is 7.56. The minimum absolute atomic E-state index is 0.0374. The number of rotatable bonds is 5. The number of carbonyl (C=O) groups excluding carboxylic acids is 2. The Kier molecular flexibility index (Phi) is 5.88. The van der Waals surface area contributed by atoms with E-state index in [2.05, 4.69) is 0 Å². The number of hydrogen-bond acceptors (Lipinski definition) is 5. The summed E-state index contributed by atoms with van der Waals surface area (Å²) in [6, 6.07) is 19.4. The molecular formula is C25H20ClNO5. The van der Waals surface area contributed by atoms with Gasteiger partial charge in [0.25, 0.3) is 11.7 Å². The molecule has 4 rings (SSSR count). The molecule has 6 nitrogen and oxygen atoms in total. The zero-order chi connectivity index (χ0) is 22.8. The summed E-state index contributed by atoms with van der Waals surface area (Å²) in [5.41, 5.74) is 1.39. The average Bonchev–Trinajstić information content (AvgIpc) is 3.09. The van der Waals surface area contributed by atoms with Crippen LogP contribution >= 0.6 is 11.6 Å². The third-order valence-electron chi connectivity index (χ3n) is 5.33. The van der Waals surface area contributed by atoms with Crippen molar-refractivity contribution in [3.05, 3.63) is 94.5 Å². The number of ether oxygens (including phenoxy) is 2.